The number of ketones is 1. The average molecular weight is 822 g/mol. The van der Waals surface area contributed by atoms with Crippen LogP contribution in [0, 0.1) is 30.2 Å². The number of carbonyl (C=O) groups is 1. The Bertz CT molecular complexity index is 1610. The Morgan fingerprint density at radius 3 is 2.16 bits per heavy atom. The van der Waals surface area contributed by atoms with Gasteiger partial charge in [0.05, 0.1) is 19.3 Å². The number of hydrogen-bond acceptors (Lipinski definition) is 5. The molecule has 0 saturated heterocycles. The van der Waals surface area contributed by atoms with Gasteiger partial charge in [-0.2, -0.15) is 0 Å². The SMILES string of the molecule is CCC(CC)C(=O)/C=C(\O)C(CC)CC.Cc1c(CC(C)(C)C)sc2c(-c3[c-]c4ccccc4c([Si](C)(C)C)c3)ncnc12.[Ir]. The molecule has 4 nitrogen and oxygen atoms in total. The van der Waals surface area contributed by atoms with Crippen molar-refractivity contribution in [2.24, 2.45) is 17.3 Å². The van der Waals surface area contributed by atoms with E-state index < -0.39 is 8.07 Å². The van der Waals surface area contributed by atoms with Gasteiger partial charge in [-0.3, -0.25) is 9.78 Å². The maximum absolute atomic E-state index is 11.7. The number of fused-ring (bicyclic) bond motifs is 2. The number of thiophene rings is 1. The molecule has 4 rings (SSSR count). The first-order valence-corrected chi connectivity index (χ1v) is 20.6. The van der Waals surface area contributed by atoms with Gasteiger partial charge in [0.15, 0.2) is 5.78 Å². The molecule has 1 N–H and O–H groups in total. The predicted molar refractivity (Wildman–Crippen MR) is 194 cm³/mol. The molecule has 2 aromatic heterocycles. The first-order valence-electron chi connectivity index (χ1n) is 16.3. The molecule has 0 aliphatic rings. The summed E-state index contributed by atoms with van der Waals surface area (Å²) in [6, 6.07) is 14.6. The van der Waals surface area contributed by atoms with Crippen LogP contribution in [0.3, 0.4) is 0 Å². The van der Waals surface area contributed by atoms with Crippen molar-refractivity contribution in [3.8, 4) is 11.3 Å². The van der Waals surface area contributed by atoms with E-state index in [0.717, 1.165) is 48.9 Å². The van der Waals surface area contributed by atoms with E-state index in [9.17, 15) is 9.90 Å². The standard InChI is InChI=1S/C25H29N2SSi.C13H24O2.Ir/c1-16-20(14-25(2,3)4)28-24-22(16)26-15-27-23(24)18-12-17-10-8-9-11-19(17)21(13-18)29(5,6)7;1-5-10(6-2)12(14)9-13(15)11(7-3)8-4;/h8-11,13,15H,14H2,1-7H3;9-11,14H,5-8H2,1-4H3;/q-1;;/b;12-9-;. The predicted octanol–water partition coefficient (Wildman–Crippen LogP) is 10.6. The van der Waals surface area contributed by atoms with Gasteiger partial charge in [0.25, 0.3) is 0 Å². The third kappa shape index (κ3) is 9.90. The maximum atomic E-state index is 11.7. The molecule has 45 heavy (non-hydrogen) atoms. The van der Waals surface area contributed by atoms with E-state index in [2.05, 4.69) is 88.7 Å². The molecule has 0 aliphatic carbocycles. The van der Waals surface area contributed by atoms with Crippen molar-refractivity contribution in [3.05, 3.63) is 65.0 Å². The van der Waals surface area contributed by atoms with E-state index in [4.69, 9.17) is 4.98 Å². The Balaban J connectivity index is 0.000000378. The summed E-state index contributed by atoms with van der Waals surface area (Å²) in [7, 11) is -1.53. The topological polar surface area (TPSA) is 63.1 Å². The van der Waals surface area contributed by atoms with Gasteiger partial charge in [0, 0.05) is 53.3 Å². The zero-order valence-electron chi connectivity index (χ0n) is 29.2. The molecule has 0 bridgehead atoms. The molecule has 2 aromatic carbocycles. The monoisotopic (exact) mass is 822 g/mol. The van der Waals surface area contributed by atoms with Gasteiger partial charge in [-0.25, -0.2) is 4.98 Å². The minimum Gasteiger partial charge on any atom is -0.512 e. The van der Waals surface area contributed by atoms with E-state index >= 15 is 0 Å². The van der Waals surface area contributed by atoms with Crippen LogP contribution in [0.2, 0.25) is 19.6 Å². The third-order valence-corrected chi connectivity index (χ3v) is 11.7. The van der Waals surface area contributed by atoms with Crippen molar-refractivity contribution in [3.63, 3.8) is 0 Å². The van der Waals surface area contributed by atoms with Gasteiger partial charge in [-0.15, -0.1) is 40.1 Å². The van der Waals surface area contributed by atoms with Crippen LogP contribution >= 0.6 is 11.3 Å². The molecule has 0 amide bonds. The summed E-state index contributed by atoms with van der Waals surface area (Å²) in [5.41, 5.74) is 4.76. The first-order chi connectivity index (χ1) is 20.6. The number of carbonyl (C=O) groups excluding carboxylic acids is 1. The van der Waals surface area contributed by atoms with Crippen LogP contribution in [0.25, 0.3) is 32.2 Å². The van der Waals surface area contributed by atoms with Crippen LogP contribution < -0.4 is 5.19 Å². The number of benzene rings is 2. The second kappa shape index (κ2) is 16.6. The van der Waals surface area contributed by atoms with E-state index in [0.29, 0.717) is 0 Å². The van der Waals surface area contributed by atoms with Crippen molar-refractivity contribution in [1.29, 1.82) is 0 Å². The van der Waals surface area contributed by atoms with Gasteiger partial charge in [-0.1, -0.05) is 97.3 Å². The summed E-state index contributed by atoms with van der Waals surface area (Å²) in [6.45, 7) is 24.4. The van der Waals surface area contributed by atoms with Crippen molar-refractivity contribution in [2.45, 2.75) is 107 Å². The van der Waals surface area contributed by atoms with Gasteiger partial charge < -0.3 is 5.11 Å². The fourth-order valence-corrected chi connectivity index (χ4v) is 8.84. The van der Waals surface area contributed by atoms with E-state index in [1.165, 1.54) is 37.2 Å². The fraction of sp³-hybridized carbons (Fsp3) is 0.500. The summed E-state index contributed by atoms with van der Waals surface area (Å²) in [6.07, 6.45) is 7.68. The number of aromatic nitrogens is 2. The normalized spacial score (nSPS) is 12.4. The average Bonchev–Trinajstić information content (AvgIpc) is 3.27. The number of allylic oxidation sites excluding steroid dienone is 2. The van der Waals surface area contributed by atoms with Gasteiger partial charge in [0.1, 0.15) is 6.33 Å². The van der Waals surface area contributed by atoms with Crippen LogP contribution in [-0.2, 0) is 31.3 Å². The molecule has 0 unspecified atom stereocenters. The molecule has 4 aromatic rings. The largest absolute Gasteiger partial charge is 0.512 e. The number of aryl methyl sites for hydroxylation is 1. The third-order valence-electron chi connectivity index (χ3n) is 8.41. The Hall–Kier alpha value is -2.18. The van der Waals surface area contributed by atoms with Crippen LogP contribution in [0.5, 0.6) is 0 Å². The van der Waals surface area contributed by atoms with Crippen LogP contribution in [-0.4, -0.2) is 28.9 Å². The Kier molecular flexibility index (Phi) is 14.4. The zero-order chi connectivity index (χ0) is 32.8. The Morgan fingerprint density at radius 1 is 1.00 bits per heavy atom. The van der Waals surface area contributed by atoms with E-state index in [-0.39, 0.29) is 48.9 Å². The molecule has 0 fully saturated rings. The van der Waals surface area contributed by atoms with Crippen molar-refractivity contribution >= 4 is 51.4 Å². The Labute approximate surface area is 290 Å². The van der Waals surface area contributed by atoms with Crippen LogP contribution in [0.4, 0.5) is 0 Å². The van der Waals surface area contributed by atoms with Gasteiger partial charge in [0.2, 0.25) is 0 Å². The molecule has 0 saturated carbocycles. The smallest absolute Gasteiger partial charge is 0.162 e. The molecule has 1 radical (unpaired) electrons. The first kappa shape index (κ1) is 39.0. The molecular formula is C38H53IrN2O2SSi-. The fourth-order valence-electron chi connectivity index (χ4n) is 5.67. The maximum Gasteiger partial charge on any atom is 0.162 e. The second-order valence-corrected chi connectivity index (χ2v) is 20.3. The van der Waals surface area contributed by atoms with E-state index in [1.54, 1.807) is 6.33 Å². The molecule has 2 heterocycles. The van der Waals surface area contributed by atoms with E-state index in [1.807, 2.05) is 39.0 Å². The number of rotatable bonds is 10. The quantitative estimate of drug-likeness (QED) is 0.0749. The molecule has 247 valence electrons. The van der Waals surface area contributed by atoms with Gasteiger partial charge in [-0.05, 0) is 50.0 Å². The summed E-state index contributed by atoms with van der Waals surface area (Å²) in [4.78, 5) is 22.5. The Morgan fingerprint density at radius 2 is 1.60 bits per heavy atom. The minimum absolute atomic E-state index is 0. The van der Waals surface area contributed by atoms with Crippen LogP contribution in [0.1, 0.15) is 84.6 Å². The molecule has 7 heteroatoms. The number of aliphatic hydroxyl groups excluding tert-OH is 1. The van der Waals surface area contributed by atoms with Crippen molar-refractivity contribution in [2.75, 3.05) is 0 Å². The summed E-state index contributed by atoms with van der Waals surface area (Å²) in [5, 5.41) is 13.7. The molecule has 0 spiro atoms. The zero-order valence-corrected chi connectivity index (χ0v) is 33.4. The minimum atomic E-state index is -1.53. The molecule has 0 aliphatic heterocycles. The summed E-state index contributed by atoms with van der Waals surface area (Å²) in [5.74, 6) is 0.547. The van der Waals surface area contributed by atoms with Gasteiger partial charge >= 0.3 is 0 Å². The number of aliphatic hydroxyl groups is 1. The number of nitrogens with zero attached hydrogens (tertiary/aromatic N) is 2. The van der Waals surface area contributed by atoms with Crippen LogP contribution in [0.15, 0.2) is 48.5 Å². The van der Waals surface area contributed by atoms with Crippen molar-refractivity contribution < 1.29 is 30.0 Å². The molecular weight excluding hydrogens is 769 g/mol. The summed E-state index contributed by atoms with van der Waals surface area (Å²) < 4.78 is 1.19. The molecule has 0 atom stereocenters. The number of hydrogen-bond donors (Lipinski definition) is 1. The van der Waals surface area contributed by atoms with Crippen molar-refractivity contribution in [1.82, 2.24) is 9.97 Å². The summed E-state index contributed by atoms with van der Waals surface area (Å²) >= 11 is 1.86. The second-order valence-electron chi connectivity index (χ2n) is 14.2.